The molecule has 5 nitrogen and oxygen atoms in total. The highest BCUT2D eigenvalue weighted by atomic mass is 127. The molecule has 0 unspecified atom stereocenters. The maximum Gasteiger partial charge on any atom is 0.434 e. The van der Waals surface area contributed by atoms with Gasteiger partial charge in [-0.15, -0.1) is 35.3 Å². The van der Waals surface area contributed by atoms with Gasteiger partial charge in [-0.05, 0) is 26.9 Å². The molecule has 0 saturated heterocycles. The molecule has 0 fully saturated rings. The van der Waals surface area contributed by atoms with Crippen LogP contribution < -0.4 is 10.6 Å². The van der Waals surface area contributed by atoms with Crippen molar-refractivity contribution in [3.05, 3.63) is 16.1 Å². The lowest BCUT2D eigenvalue weighted by Gasteiger charge is -2.18. The number of hydrogen-bond donors (Lipinski definition) is 2. The Kier molecular flexibility index (Phi) is 11.5. The van der Waals surface area contributed by atoms with Gasteiger partial charge in [-0.2, -0.15) is 26.3 Å². The summed E-state index contributed by atoms with van der Waals surface area (Å²) in [6, 6.07) is 0. The summed E-state index contributed by atoms with van der Waals surface area (Å²) in [5.74, 6) is 0.370. The number of nitrogens with zero attached hydrogens (tertiary/aromatic N) is 3. The zero-order valence-electron chi connectivity index (χ0n) is 14.7. The number of halogens is 7. The van der Waals surface area contributed by atoms with Crippen molar-refractivity contribution >= 4 is 41.3 Å². The Bertz CT molecular complexity index is 575. The summed E-state index contributed by atoms with van der Waals surface area (Å²) in [6.07, 6.45) is -8.27. The van der Waals surface area contributed by atoms with Crippen molar-refractivity contribution in [1.82, 2.24) is 20.5 Å². The second-order valence-corrected chi connectivity index (χ2v) is 6.40. The van der Waals surface area contributed by atoms with E-state index >= 15 is 0 Å². The first-order valence-electron chi connectivity index (χ1n) is 7.80. The molecule has 0 aliphatic rings. The van der Waals surface area contributed by atoms with Crippen LogP contribution in [0.1, 0.15) is 24.0 Å². The number of hydrogen-bond acceptors (Lipinski definition) is 4. The summed E-state index contributed by atoms with van der Waals surface area (Å²) in [6.45, 7) is 1.97. The molecule has 0 spiro atoms. The van der Waals surface area contributed by atoms with Gasteiger partial charge in [-0.3, -0.25) is 4.90 Å². The Labute approximate surface area is 174 Å². The predicted molar refractivity (Wildman–Crippen MR) is 104 cm³/mol. The average Bonchev–Trinajstić information content (AvgIpc) is 2.96. The first kappa shape index (κ1) is 26.2. The second-order valence-electron chi connectivity index (χ2n) is 5.45. The Morgan fingerprint density at radius 1 is 1.22 bits per heavy atom. The SMILES string of the molecule is CCNC(=NCc1nc(C(F)(F)F)cs1)NCCCN(C)CC(F)(F)F.I. The largest absolute Gasteiger partial charge is 0.434 e. The van der Waals surface area contributed by atoms with E-state index in [-0.39, 0.29) is 42.1 Å². The lowest BCUT2D eigenvalue weighted by molar-refractivity contribution is -0.143. The highest BCUT2D eigenvalue weighted by molar-refractivity contribution is 14.0. The van der Waals surface area contributed by atoms with E-state index in [4.69, 9.17) is 0 Å². The molecule has 1 rings (SSSR count). The summed E-state index contributed by atoms with van der Waals surface area (Å²) in [4.78, 5) is 8.79. The molecule has 1 heterocycles. The maximum absolute atomic E-state index is 12.5. The van der Waals surface area contributed by atoms with Crippen LogP contribution in [0, 0.1) is 0 Å². The third-order valence-corrected chi connectivity index (χ3v) is 3.85. The van der Waals surface area contributed by atoms with Crippen LogP contribution in [0.15, 0.2) is 10.4 Å². The van der Waals surface area contributed by atoms with Gasteiger partial charge in [0.25, 0.3) is 0 Å². The molecule has 0 aliphatic carbocycles. The minimum Gasteiger partial charge on any atom is -0.357 e. The first-order chi connectivity index (χ1) is 12.0. The van der Waals surface area contributed by atoms with Crippen LogP contribution in [0.2, 0.25) is 0 Å². The molecular formula is C14H22F6IN5S. The molecule has 27 heavy (non-hydrogen) atoms. The van der Waals surface area contributed by atoms with Crippen LogP contribution >= 0.6 is 35.3 Å². The monoisotopic (exact) mass is 533 g/mol. The van der Waals surface area contributed by atoms with Crippen LogP contribution in [0.25, 0.3) is 0 Å². The summed E-state index contributed by atoms with van der Waals surface area (Å²) < 4.78 is 74.2. The summed E-state index contributed by atoms with van der Waals surface area (Å²) in [7, 11) is 1.38. The van der Waals surface area contributed by atoms with Crippen molar-refractivity contribution in [2.45, 2.75) is 32.2 Å². The zero-order chi connectivity index (χ0) is 19.8. The number of nitrogens with one attached hydrogen (secondary N) is 2. The fourth-order valence-electron chi connectivity index (χ4n) is 1.94. The van der Waals surface area contributed by atoms with Crippen molar-refractivity contribution < 1.29 is 26.3 Å². The highest BCUT2D eigenvalue weighted by Gasteiger charge is 2.33. The van der Waals surface area contributed by atoms with Crippen LogP contribution in [0.5, 0.6) is 0 Å². The number of aliphatic imine (C=N–C) groups is 1. The van der Waals surface area contributed by atoms with Crippen LogP contribution in [0.4, 0.5) is 26.3 Å². The van der Waals surface area contributed by atoms with Gasteiger partial charge in [-0.25, -0.2) is 9.98 Å². The van der Waals surface area contributed by atoms with Gasteiger partial charge in [0, 0.05) is 18.5 Å². The molecule has 0 bridgehead atoms. The number of alkyl halides is 6. The first-order valence-corrected chi connectivity index (χ1v) is 8.68. The van der Waals surface area contributed by atoms with E-state index in [2.05, 4.69) is 20.6 Å². The molecule has 158 valence electrons. The lowest BCUT2D eigenvalue weighted by Crippen LogP contribution is -2.39. The number of thiazole rings is 1. The van der Waals surface area contributed by atoms with Crippen LogP contribution in [-0.2, 0) is 12.7 Å². The van der Waals surface area contributed by atoms with Crippen LogP contribution in [0.3, 0.4) is 0 Å². The van der Waals surface area contributed by atoms with Gasteiger partial charge in [-0.1, -0.05) is 0 Å². The summed E-state index contributed by atoms with van der Waals surface area (Å²) >= 11 is 0.867. The Morgan fingerprint density at radius 2 is 1.89 bits per heavy atom. The van der Waals surface area contributed by atoms with Crippen molar-refractivity contribution in [3.63, 3.8) is 0 Å². The fourth-order valence-corrected chi connectivity index (χ4v) is 2.67. The topological polar surface area (TPSA) is 52.6 Å². The predicted octanol–water partition coefficient (Wildman–Crippen LogP) is 3.72. The van der Waals surface area contributed by atoms with Gasteiger partial charge in [0.15, 0.2) is 11.7 Å². The molecule has 1 aromatic rings. The van der Waals surface area contributed by atoms with Gasteiger partial charge in [0.1, 0.15) is 5.01 Å². The molecule has 2 N–H and O–H groups in total. The molecular weight excluding hydrogens is 511 g/mol. The number of rotatable bonds is 8. The number of guanidine groups is 1. The molecule has 13 heteroatoms. The van der Waals surface area contributed by atoms with Gasteiger partial charge in [0.2, 0.25) is 0 Å². The van der Waals surface area contributed by atoms with Crippen molar-refractivity contribution in [2.24, 2.45) is 4.99 Å². The summed E-state index contributed by atoms with van der Waals surface area (Å²) in [5, 5.41) is 7.00. The van der Waals surface area contributed by atoms with Crippen molar-refractivity contribution in [3.8, 4) is 0 Å². The Hall–Kier alpha value is -0.830. The van der Waals surface area contributed by atoms with E-state index in [1.807, 2.05) is 6.92 Å². The van der Waals surface area contributed by atoms with E-state index in [1.54, 1.807) is 0 Å². The fraction of sp³-hybridized carbons (Fsp3) is 0.714. The van der Waals surface area contributed by atoms with E-state index in [0.29, 0.717) is 25.5 Å². The van der Waals surface area contributed by atoms with Gasteiger partial charge < -0.3 is 10.6 Å². The van der Waals surface area contributed by atoms with Crippen molar-refractivity contribution in [1.29, 1.82) is 0 Å². The standard InChI is InChI=1S/C14H21F6N5S.HI/c1-3-21-12(22-5-4-6-25(2)9-13(15,16)17)23-7-11-24-10(8-26-11)14(18,19)20;/h8H,3-7,9H2,1-2H3,(H2,21,22,23);1H. The van der Waals surface area contributed by atoms with Gasteiger partial charge in [0.05, 0.1) is 13.1 Å². The molecule has 0 aliphatic heterocycles. The molecule has 0 saturated carbocycles. The van der Waals surface area contributed by atoms with E-state index in [9.17, 15) is 26.3 Å². The molecule has 0 aromatic carbocycles. The molecule has 0 atom stereocenters. The van der Waals surface area contributed by atoms with Crippen LogP contribution in [-0.4, -0.2) is 55.2 Å². The zero-order valence-corrected chi connectivity index (χ0v) is 17.9. The normalized spacial score (nSPS) is 12.9. The minimum atomic E-state index is -4.48. The Morgan fingerprint density at radius 3 is 2.41 bits per heavy atom. The molecule has 0 radical (unpaired) electrons. The minimum absolute atomic E-state index is 0. The second kappa shape index (κ2) is 11.9. The molecule has 1 aromatic heterocycles. The van der Waals surface area contributed by atoms with E-state index in [0.717, 1.165) is 16.7 Å². The smallest absolute Gasteiger partial charge is 0.357 e. The average molecular weight is 533 g/mol. The quantitative estimate of drug-likeness (QED) is 0.176. The third kappa shape index (κ3) is 11.6. The van der Waals surface area contributed by atoms with Gasteiger partial charge >= 0.3 is 12.4 Å². The number of aromatic nitrogens is 1. The maximum atomic E-state index is 12.5. The lowest BCUT2D eigenvalue weighted by atomic mass is 10.4. The highest BCUT2D eigenvalue weighted by Crippen LogP contribution is 2.30. The van der Waals surface area contributed by atoms with Crippen molar-refractivity contribution in [2.75, 3.05) is 33.2 Å². The summed E-state index contributed by atoms with van der Waals surface area (Å²) in [5.41, 5.74) is -0.946. The third-order valence-electron chi connectivity index (χ3n) is 3.02. The Balaban J connectivity index is 0.00000676. The van der Waals surface area contributed by atoms with E-state index < -0.39 is 24.6 Å². The molecule has 0 amide bonds. The van der Waals surface area contributed by atoms with E-state index in [1.165, 1.54) is 11.9 Å².